The van der Waals surface area contributed by atoms with Crippen LogP contribution in [-0.4, -0.2) is 4.98 Å². The van der Waals surface area contributed by atoms with E-state index in [-0.39, 0.29) is 0 Å². The summed E-state index contributed by atoms with van der Waals surface area (Å²) in [6.07, 6.45) is 0. The van der Waals surface area contributed by atoms with E-state index in [9.17, 15) is 0 Å². The number of rotatable bonds is 1. The first-order valence-corrected chi connectivity index (χ1v) is 5.70. The molecule has 3 heteroatoms. The number of aryl methyl sites for hydroxylation is 3. The van der Waals surface area contributed by atoms with Crippen molar-refractivity contribution < 1.29 is 0 Å². The zero-order valence-corrected chi connectivity index (χ0v) is 9.98. The summed E-state index contributed by atoms with van der Waals surface area (Å²) in [6.45, 7) is 6.15. The highest BCUT2D eigenvalue weighted by Gasteiger charge is 2.10. The van der Waals surface area contributed by atoms with Crippen molar-refractivity contribution in [3.05, 3.63) is 34.3 Å². The van der Waals surface area contributed by atoms with Crippen LogP contribution in [0.1, 0.15) is 16.1 Å². The number of aromatic nitrogens is 1. The van der Waals surface area contributed by atoms with Crippen molar-refractivity contribution in [1.82, 2.24) is 4.98 Å². The van der Waals surface area contributed by atoms with Gasteiger partial charge >= 0.3 is 0 Å². The van der Waals surface area contributed by atoms with Crippen LogP contribution in [0.15, 0.2) is 18.2 Å². The molecular weight excluding hydrogens is 204 g/mol. The molecule has 0 unspecified atom stereocenters. The summed E-state index contributed by atoms with van der Waals surface area (Å²) in [4.78, 5) is 4.48. The van der Waals surface area contributed by atoms with Crippen molar-refractivity contribution in [1.29, 1.82) is 0 Å². The normalized spacial score (nSPS) is 10.6. The van der Waals surface area contributed by atoms with Crippen LogP contribution in [0.3, 0.4) is 0 Å². The third kappa shape index (κ3) is 1.88. The van der Waals surface area contributed by atoms with Crippen LogP contribution in [-0.2, 0) is 0 Å². The second kappa shape index (κ2) is 3.66. The third-order valence-corrected chi connectivity index (χ3v) is 3.21. The lowest BCUT2D eigenvalue weighted by Gasteiger charge is -2.04. The van der Waals surface area contributed by atoms with E-state index in [1.165, 1.54) is 11.1 Å². The van der Waals surface area contributed by atoms with E-state index < -0.39 is 0 Å². The summed E-state index contributed by atoms with van der Waals surface area (Å²) in [6, 6.07) is 6.35. The van der Waals surface area contributed by atoms with Crippen LogP contribution in [0, 0.1) is 20.8 Å². The molecule has 0 amide bonds. The van der Waals surface area contributed by atoms with E-state index >= 15 is 0 Å². The highest BCUT2D eigenvalue weighted by molar-refractivity contribution is 7.16. The SMILES string of the molecule is Cc1ccc(C)c(-c2nc(C)sc2N)c1. The maximum Gasteiger partial charge on any atom is 0.114 e. The first-order valence-electron chi connectivity index (χ1n) is 4.88. The van der Waals surface area contributed by atoms with Crippen molar-refractivity contribution in [2.45, 2.75) is 20.8 Å². The number of hydrogen-bond acceptors (Lipinski definition) is 3. The molecule has 78 valence electrons. The topological polar surface area (TPSA) is 38.9 Å². The molecule has 0 saturated heterocycles. The standard InChI is InChI=1S/C12H14N2S/c1-7-4-5-8(2)10(6-7)11-12(13)15-9(3)14-11/h4-6H,13H2,1-3H3. The van der Waals surface area contributed by atoms with Crippen LogP contribution in [0.5, 0.6) is 0 Å². The molecule has 0 spiro atoms. The molecule has 0 bridgehead atoms. The Bertz CT molecular complexity index is 500. The van der Waals surface area contributed by atoms with Gasteiger partial charge in [-0.05, 0) is 32.4 Å². The fourth-order valence-corrected chi connectivity index (χ4v) is 2.33. The molecule has 2 aromatic rings. The Morgan fingerprint density at radius 3 is 2.53 bits per heavy atom. The minimum absolute atomic E-state index is 0.807. The van der Waals surface area contributed by atoms with Crippen molar-refractivity contribution in [2.75, 3.05) is 5.73 Å². The van der Waals surface area contributed by atoms with Gasteiger partial charge in [0.05, 0.1) is 5.01 Å². The Labute approximate surface area is 93.8 Å². The van der Waals surface area contributed by atoms with Gasteiger partial charge in [0.1, 0.15) is 10.7 Å². The quantitative estimate of drug-likeness (QED) is 0.797. The van der Waals surface area contributed by atoms with Crippen molar-refractivity contribution in [2.24, 2.45) is 0 Å². The second-order valence-corrected chi connectivity index (χ2v) is 5.00. The molecule has 0 aliphatic heterocycles. The van der Waals surface area contributed by atoms with Gasteiger partial charge in [-0.25, -0.2) is 4.98 Å². The molecule has 0 radical (unpaired) electrons. The Morgan fingerprint density at radius 1 is 1.20 bits per heavy atom. The number of hydrogen-bond donors (Lipinski definition) is 1. The van der Waals surface area contributed by atoms with Crippen molar-refractivity contribution >= 4 is 16.3 Å². The van der Waals surface area contributed by atoms with E-state index in [0.717, 1.165) is 21.3 Å². The summed E-state index contributed by atoms with van der Waals surface area (Å²) >= 11 is 1.55. The fraction of sp³-hybridized carbons (Fsp3) is 0.250. The van der Waals surface area contributed by atoms with Gasteiger partial charge in [-0.3, -0.25) is 0 Å². The zero-order chi connectivity index (χ0) is 11.0. The second-order valence-electron chi connectivity index (χ2n) is 3.76. The smallest absolute Gasteiger partial charge is 0.114 e. The molecule has 0 atom stereocenters. The highest BCUT2D eigenvalue weighted by Crippen LogP contribution is 2.32. The maximum absolute atomic E-state index is 5.95. The largest absolute Gasteiger partial charge is 0.389 e. The van der Waals surface area contributed by atoms with Crippen LogP contribution in [0.4, 0.5) is 5.00 Å². The zero-order valence-electron chi connectivity index (χ0n) is 9.16. The Kier molecular flexibility index (Phi) is 2.49. The molecular formula is C12H14N2S. The number of anilines is 1. The van der Waals surface area contributed by atoms with E-state index in [1.807, 2.05) is 6.92 Å². The van der Waals surface area contributed by atoms with E-state index in [1.54, 1.807) is 11.3 Å². The molecule has 0 aliphatic rings. The Balaban J connectivity index is 2.62. The number of nitrogen functional groups attached to an aromatic ring is 1. The molecule has 15 heavy (non-hydrogen) atoms. The average Bonchev–Trinajstić information content (AvgIpc) is 2.50. The summed E-state index contributed by atoms with van der Waals surface area (Å²) < 4.78 is 0. The first kappa shape index (κ1) is 10.2. The van der Waals surface area contributed by atoms with Gasteiger partial charge in [0.25, 0.3) is 0 Å². The Morgan fingerprint density at radius 2 is 1.93 bits per heavy atom. The van der Waals surface area contributed by atoms with Gasteiger partial charge in [-0.1, -0.05) is 17.7 Å². The summed E-state index contributed by atoms with van der Waals surface area (Å²) in [7, 11) is 0. The minimum Gasteiger partial charge on any atom is -0.389 e. The summed E-state index contributed by atoms with van der Waals surface area (Å²) in [5.41, 5.74) is 10.5. The summed E-state index contributed by atoms with van der Waals surface area (Å²) in [5, 5.41) is 1.82. The molecule has 2 rings (SSSR count). The number of nitrogens with two attached hydrogens (primary N) is 1. The highest BCUT2D eigenvalue weighted by atomic mass is 32.1. The van der Waals surface area contributed by atoms with Crippen LogP contribution < -0.4 is 5.73 Å². The van der Waals surface area contributed by atoms with Gasteiger partial charge in [-0.2, -0.15) is 0 Å². The fourth-order valence-electron chi connectivity index (χ4n) is 1.63. The predicted molar refractivity (Wildman–Crippen MR) is 66.2 cm³/mol. The van der Waals surface area contributed by atoms with Crippen LogP contribution in [0.25, 0.3) is 11.3 Å². The average molecular weight is 218 g/mol. The summed E-state index contributed by atoms with van der Waals surface area (Å²) in [5.74, 6) is 0. The number of thiazole rings is 1. The maximum atomic E-state index is 5.95. The molecule has 1 heterocycles. The Hall–Kier alpha value is -1.35. The molecule has 1 aromatic carbocycles. The van der Waals surface area contributed by atoms with E-state index in [0.29, 0.717) is 0 Å². The van der Waals surface area contributed by atoms with Gasteiger partial charge in [-0.15, -0.1) is 11.3 Å². The molecule has 0 fully saturated rings. The molecule has 0 aliphatic carbocycles. The van der Waals surface area contributed by atoms with Crippen LogP contribution in [0.2, 0.25) is 0 Å². The van der Waals surface area contributed by atoms with Crippen molar-refractivity contribution in [3.63, 3.8) is 0 Å². The van der Waals surface area contributed by atoms with Gasteiger partial charge in [0.2, 0.25) is 0 Å². The lowest BCUT2D eigenvalue weighted by atomic mass is 10.0. The first-order chi connectivity index (χ1) is 7.08. The molecule has 2 nitrogen and oxygen atoms in total. The molecule has 2 N–H and O–H groups in total. The van der Waals surface area contributed by atoms with Crippen molar-refractivity contribution in [3.8, 4) is 11.3 Å². The number of benzene rings is 1. The van der Waals surface area contributed by atoms with Gasteiger partial charge in [0, 0.05) is 5.56 Å². The molecule has 0 saturated carbocycles. The number of nitrogens with zero attached hydrogens (tertiary/aromatic N) is 1. The van der Waals surface area contributed by atoms with E-state index in [4.69, 9.17) is 5.73 Å². The monoisotopic (exact) mass is 218 g/mol. The lowest BCUT2D eigenvalue weighted by molar-refractivity contribution is 1.28. The predicted octanol–water partition coefficient (Wildman–Crippen LogP) is 3.32. The lowest BCUT2D eigenvalue weighted by Crippen LogP contribution is -1.89. The van der Waals surface area contributed by atoms with Gasteiger partial charge < -0.3 is 5.73 Å². The van der Waals surface area contributed by atoms with Crippen LogP contribution >= 0.6 is 11.3 Å². The molecule has 1 aromatic heterocycles. The minimum atomic E-state index is 0.807. The van der Waals surface area contributed by atoms with E-state index in [2.05, 4.69) is 37.0 Å². The third-order valence-electron chi connectivity index (χ3n) is 2.41. The van der Waals surface area contributed by atoms with Gasteiger partial charge in [0.15, 0.2) is 0 Å².